The molecule has 0 saturated carbocycles. The Bertz CT molecular complexity index is 538. The van der Waals surface area contributed by atoms with Crippen molar-refractivity contribution < 1.29 is 12.8 Å². The minimum atomic E-state index is -3.55. The van der Waals surface area contributed by atoms with E-state index in [1.165, 1.54) is 25.3 Å². The molecular weight excluding hydrogens is 346 g/mol. The second-order valence-corrected chi connectivity index (χ2v) is 7.31. The molecule has 20 heavy (non-hydrogen) atoms. The van der Waals surface area contributed by atoms with Gasteiger partial charge in [-0.3, -0.25) is 0 Å². The highest BCUT2D eigenvalue weighted by Crippen LogP contribution is 2.25. The van der Waals surface area contributed by atoms with Gasteiger partial charge in [-0.25, -0.2) is 13.1 Å². The molecule has 2 rings (SSSR count). The number of likely N-dealkylation sites (tertiary alicyclic amines) is 1. The molecule has 114 valence electrons. The van der Waals surface area contributed by atoms with Crippen LogP contribution in [-0.4, -0.2) is 39.5 Å². The van der Waals surface area contributed by atoms with E-state index in [9.17, 15) is 8.42 Å². The molecule has 6 nitrogen and oxygen atoms in total. The molecule has 1 fully saturated rings. The average Bonchev–Trinajstić information content (AvgIpc) is 2.82. The number of hydrogen-bond donors (Lipinski definition) is 2. The number of nitrogens with zero attached hydrogens (tertiary/aromatic N) is 1. The van der Waals surface area contributed by atoms with Gasteiger partial charge in [-0.2, -0.15) is 0 Å². The number of rotatable bonds is 6. The molecule has 0 amide bonds. The Labute approximate surface area is 127 Å². The molecule has 1 aromatic rings. The summed E-state index contributed by atoms with van der Waals surface area (Å²) in [6.07, 6.45) is 3.66. The van der Waals surface area contributed by atoms with Crippen molar-refractivity contribution in [3.8, 4) is 0 Å². The fourth-order valence-electron chi connectivity index (χ4n) is 2.28. The fraction of sp³-hybridized carbons (Fsp3) is 0.667. The Morgan fingerprint density at radius 2 is 2.05 bits per heavy atom. The van der Waals surface area contributed by atoms with Gasteiger partial charge in [-0.15, -0.1) is 0 Å². The van der Waals surface area contributed by atoms with E-state index in [1.807, 2.05) is 0 Å². The van der Waals surface area contributed by atoms with E-state index < -0.39 is 10.0 Å². The SMILES string of the molecule is NCc1cc(S(=O)(=O)NCCN2CCCCC2)c(Br)o1. The van der Waals surface area contributed by atoms with Gasteiger partial charge < -0.3 is 15.1 Å². The molecule has 2 heterocycles. The molecule has 1 aromatic heterocycles. The average molecular weight is 366 g/mol. The van der Waals surface area contributed by atoms with Crippen molar-refractivity contribution in [1.82, 2.24) is 9.62 Å². The minimum Gasteiger partial charge on any atom is -0.452 e. The van der Waals surface area contributed by atoms with Crippen molar-refractivity contribution in [2.24, 2.45) is 5.73 Å². The highest BCUT2D eigenvalue weighted by atomic mass is 79.9. The summed E-state index contributed by atoms with van der Waals surface area (Å²) in [5.74, 6) is 0.438. The Hall–Kier alpha value is -0.410. The summed E-state index contributed by atoms with van der Waals surface area (Å²) in [4.78, 5) is 2.39. The smallest absolute Gasteiger partial charge is 0.245 e. The number of nitrogens with two attached hydrogens (primary N) is 1. The first-order chi connectivity index (χ1) is 9.53. The van der Waals surface area contributed by atoms with Crippen LogP contribution in [0.5, 0.6) is 0 Å². The van der Waals surface area contributed by atoms with Crippen LogP contribution in [0.3, 0.4) is 0 Å². The summed E-state index contributed by atoms with van der Waals surface area (Å²) in [5, 5.41) is 0. The number of nitrogens with one attached hydrogen (secondary N) is 1. The number of sulfonamides is 1. The zero-order valence-electron chi connectivity index (χ0n) is 11.3. The van der Waals surface area contributed by atoms with Gasteiger partial charge >= 0.3 is 0 Å². The fourth-order valence-corrected chi connectivity index (χ4v) is 4.30. The Morgan fingerprint density at radius 3 is 2.65 bits per heavy atom. The summed E-state index contributed by atoms with van der Waals surface area (Å²) < 4.78 is 32.3. The molecule has 3 N–H and O–H groups in total. The van der Waals surface area contributed by atoms with Gasteiger partial charge in [0.25, 0.3) is 0 Å². The Morgan fingerprint density at radius 1 is 1.35 bits per heavy atom. The standard InChI is InChI=1S/C12H20BrN3O3S/c13-12-11(8-10(9-14)19-12)20(17,18)15-4-7-16-5-2-1-3-6-16/h8,15H,1-7,9,14H2. The second kappa shape index (κ2) is 7.04. The van der Waals surface area contributed by atoms with E-state index >= 15 is 0 Å². The lowest BCUT2D eigenvalue weighted by Gasteiger charge is -2.26. The van der Waals surface area contributed by atoms with Gasteiger partial charge in [-0.05, 0) is 41.9 Å². The molecule has 0 aromatic carbocycles. The van der Waals surface area contributed by atoms with Crippen molar-refractivity contribution in [2.75, 3.05) is 26.2 Å². The normalized spacial score (nSPS) is 17.5. The van der Waals surface area contributed by atoms with Crippen molar-refractivity contribution in [3.63, 3.8) is 0 Å². The molecule has 0 spiro atoms. The van der Waals surface area contributed by atoms with Crippen LogP contribution in [-0.2, 0) is 16.6 Å². The predicted molar refractivity (Wildman–Crippen MR) is 79.8 cm³/mol. The van der Waals surface area contributed by atoms with Crippen LogP contribution in [0.4, 0.5) is 0 Å². The summed E-state index contributed by atoms with van der Waals surface area (Å²) in [7, 11) is -3.55. The zero-order chi connectivity index (χ0) is 14.6. The number of halogens is 1. The summed E-state index contributed by atoms with van der Waals surface area (Å²) >= 11 is 3.11. The van der Waals surface area contributed by atoms with Gasteiger partial charge in [0.15, 0.2) is 4.67 Å². The van der Waals surface area contributed by atoms with Crippen LogP contribution >= 0.6 is 15.9 Å². The van der Waals surface area contributed by atoms with E-state index in [-0.39, 0.29) is 16.1 Å². The largest absolute Gasteiger partial charge is 0.452 e. The first kappa shape index (κ1) is 16.0. The summed E-state index contributed by atoms with van der Waals surface area (Å²) in [6.45, 7) is 3.40. The van der Waals surface area contributed by atoms with Gasteiger partial charge in [-0.1, -0.05) is 6.42 Å². The molecule has 0 unspecified atom stereocenters. The van der Waals surface area contributed by atoms with Crippen LogP contribution < -0.4 is 10.5 Å². The second-order valence-electron chi connectivity index (χ2n) is 4.85. The maximum Gasteiger partial charge on any atom is 0.245 e. The molecule has 1 aliphatic heterocycles. The van der Waals surface area contributed by atoms with Crippen LogP contribution in [0.1, 0.15) is 25.0 Å². The van der Waals surface area contributed by atoms with Crippen LogP contribution in [0, 0.1) is 0 Å². The lowest BCUT2D eigenvalue weighted by Crippen LogP contribution is -2.37. The summed E-state index contributed by atoms with van der Waals surface area (Å²) in [5.41, 5.74) is 5.44. The number of piperidine rings is 1. The minimum absolute atomic E-state index is 0.108. The van der Waals surface area contributed by atoms with Crippen molar-refractivity contribution in [3.05, 3.63) is 16.5 Å². The molecule has 0 bridgehead atoms. The van der Waals surface area contributed by atoms with E-state index in [4.69, 9.17) is 10.2 Å². The Balaban J connectivity index is 1.91. The number of hydrogen-bond acceptors (Lipinski definition) is 5. The van der Waals surface area contributed by atoms with Gasteiger partial charge in [0, 0.05) is 19.2 Å². The van der Waals surface area contributed by atoms with E-state index in [0.29, 0.717) is 12.3 Å². The molecule has 0 radical (unpaired) electrons. The summed E-state index contributed by atoms with van der Waals surface area (Å²) in [6, 6.07) is 1.45. The zero-order valence-corrected chi connectivity index (χ0v) is 13.7. The van der Waals surface area contributed by atoms with Crippen LogP contribution in [0.15, 0.2) is 20.0 Å². The highest BCUT2D eigenvalue weighted by molar-refractivity contribution is 9.10. The molecule has 0 aliphatic carbocycles. The highest BCUT2D eigenvalue weighted by Gasteiger charge is 2.22. The molecule has 1 aliphatic rings. The topological polar surface area (TPSA) is 88.6 Å². The van der Waals surface area contributed by atoms with Gasteiger partial charge in [0.1, 0.15) is 10.7 Å². The first-order valence-corrected chi connectivity index (χ1v) is 9.01. The lowest BCUT2D eigenvalue weighted by atomic mass is 10.1. The van der Waals surface area contributed by atoms with Crippen molar-refractivity contribution in [1.29, 1.82) is 0 Å². The molecule has 8 heteroatoms. The molecule has 1 saturated heterocycles. The van der Waals surface area contributed by atoms with Crippen molar-refractivity contribution in [2.45, 2.75) is 30.7 Å². The van der Waals surface area contributed by atoms with E-state index in [0.717, 1.165) is 19.6 Å². The number of furan rings is 1. The van der Waals surface area contributed by atoms with Crippen LogP contribution in [0.25, 0.3) is 0 Å². The molecular formula is C12H20BrN3O3S. The van der Waals surface area contributed by atoms with Gasteiger partial charge in [0.2, 0.25) is 10.0 Å². The van der Waals surface area contributed by atoms with Crippen molar-refractivity contribution >= 4 is 26.0 Å². The van der Waals surface area contributed by atoms with Crippen LogP contribution in [0.2, 0.25) is 0 Å². The van der Waals surface area contributed by atoms with E-state index in [2.05, 4.69) is 25.6 Å². The Kier molecular flexibility index (Phi) is 5.62. The monoisotopic (exact) mass is 365 g/mol. The lowest BCUT2D eigenvalue weighted by molar-refractivity contribution is 0.232. The maximum atomic E-state index is 12.2. The third-order valence-corrected chi connectivity index (χ3v) is 5.68. The quantitative estimate of drug-likeness (QED) is 0.792. The van der Waals surface area contributed by atoms with Gasteiger partial charge in [0.05, 0.1) is 6.54 Å². The molecule has 0 atom stereocenters. The third kappa shape index (κ3) is 4.05. The maximum absolute atomic E-state index is 12.2. The predicted octanol–water partition coefficient (Wildman–Crippen LogP) is 1.27. The first-order valence-electron chi connectivity index (χ1n) is 6.73. The van der Waals surface area contributed by atoms with E-state index in [1.54, 1.807) is 0 Å². The third-order valence-electron chi connectivity index (χ3n) is 3.37.